The summed E-state index contributed by atoms with van der Waals surface area (Å²) >= 11 is 0. The van der Waals surface area contributed by atoms with E-state index < -0.39 is 0 Å². The molecule has 0 saturated heterocycles. The molecule has 2 rings (SSSR count). The molecule has 0 aliphatic carbocycles. The van der Waals surface area contributed by atoms with Crippen LogP contribution in [0, 0.1) is 6.92 Å². The van der Waals surface area contributed by atoms with Gasteiger partial charge in [0.2, 0.25) is 0 Å². The molecule has 0 spiro atoms. The zero-order valence-electron chi connectivity index (χ0n) is 7.87. The summed E-state index contributed by atoms with van der Waals surface area (Å²) in [4.78, 5) is 4.12. The Balaban J connectivity index is 2.50. The summed E-state index contributed by atoms with van der Waals surface area (Å²) in [6.45, 7) is 4.38. The van der Waals surface area contributed by atoms with Crippen molar-refractivity contribution in [3.63, 3.8) is 0 Å². The van der Waals surface area contributed by atoms with Gasteiger partial charge in [0.25, 0.3) is 0 Å². The molecule has 0 saturated carbocycles. The van der Waals surface area contributed by atoms with Crippen molar-refractivity contribution in [3.05, 3.63) is 23.0 Å². The maximum atomic E-state index is 9.69. The van der Waals surface area contributed by atoms with Gasteiger partial charge in [-0.1, -0.05) is 6.92 Å². The van der Waals surface area contributed by atoms with Gasteiger partial charge in [0.15, 0.2) is 0 Å². The van der Waals surface area contributed by atoms with Gasteiger partial charge in [-0.25, -0.2) is 0 Å². The summed E-state index contributed by atoms with van der Waals surface area (Å²) in [5, 5.41) is 9.69. The molecule has 0 aromatic carbocycles. The average Bonchev–Trinajstić information content (AvgIpc) is 2.55. The molecule has 0 fully saturated rings. The minimum absolute atomic E-state index is 0.119. The first-order chi connectivity index (χ1) is 6.24. The summed E-state index contributed by atoms with van der Waals surface area (Å²) in [5.41, 5.74) is 2.64. The minimum atomic E-state index is 0.119. The second-order valence-electron chi connectivity index (χ2n) is 3.33. The number of fused-ring (bicyclic) bond motifs is 1. The van der Waals surface area contributed by atoms with E-state index in [0.717, 1.165) is 17.5 Å². The Morgan fingerprint density at radius 1 is 1.69 bits per heavy atom. The third-order valence-electron chi connectivity index (χ3n) is 2.52. The highest BCUT2D eigenvalue weighted by molar-refractivity contribution is 5.43. The van der Waals surface area contributed by atoms with E-state index in [9.17, 15) is 5.11 Å². The lowest BCUT2D eigenvalue weighted by atomic mass is 10.0. The van der Waals surface area contributed by atoms with Gasteiger partial charge in [0, 0.05) is 17.3 Å². The molecular weight excluding hydrogens is 166 g/mol. The first-order valence-electron chi connectivity index (χ1n) is 4.53. The van der Waals surface area contributed by atoms with Crippen molar-refractivity contribution in [1.29, 1.82) is 0 Å². The fourth-order valence-corrected chi connectivity index (χ4v) is 1.70. The summed E-state index contributed by atoms with van der Waals surface area (Å²) in [6, 6.07) is 0. The molecule has 0 bridgehead atoms. The van der Waals surface area contributed by atoms with Gasteiger partial charge in [-0.15, -0.1) is 0 Å². The van der Waals surface area contributed by atoms with E-state index in [0.29, 0.717) is 18.1 Å². The highest BCUT2D eigenvalue weighted by Crippen LogP contribution is 2.37. The van der Waals surface area contributed by atoms with Gasteiger partial charge in [-0.05, 0) is 13.3 Å². The third-order valence-corrected chi connectivity index (χ3v) is 2.52. The first kappa shape index (κ1) is 8.51. The number of aromatic hydroxyl groups is 1. The smallest absolute Gasteiger partial charge is 0.142 e. The number of pyridine rings is 1. The van der Waals surface area contributed by atoms with Crippen LogP contribution in [0.4, 0.5) is 0 Å². The molecule has 1 aliphatic rings. The van der Waals surface area contributed by atoms with Crippen LogP contribution in [-0.4, -0.2) is 10.1 Å². The third kappa shape index (κ3) is 1.20. The number of nitrogens with zero attached hydrogens (tertiary/aromatic N) is 1. The van der Waals surface area contributed by atoms with Crippen LogP contribution >= 0.6 is 0 Å². The van der Waals surface area contributed by atoms with Crippen LogP contribution in [0.25, 0.3) is 0 Å². The van der Waals surface area contributed by atoms with Crippen LogP contribution in [0.15, 0.2) is 6.20 Å². The first-order valence-corrected chi connectivity index (χ1v) is 4.53. The molecule has 3 nitrogen and oxygen atoms in total. The lowest BCUT2D eigenvalue weighted by Crippen LogP contribution is -1.94. The van der Waals surface area contributed by atoms with E-state index in [2.05, 4.69) is 11.9 Å². The minimum Gasteiger partial charge on any atom is -0.506 e. The van der Waals surface area contributed by atoms with E-state index in [1.807, 2.05) is 6.20 Å². The molecule has 0 amide bonds. The highest BCUT2D eigenvalue weighted by atomic mass is 16.5. The molecule has 1 unspecified atom stereocenters. The number of hydrogen-bond acceptors (Lipinski definition) is 3. The average molecular weight is 179 g/mol. The number of aryl methyl sites for hydroxylation is 1. The standard InChI is InChI=1S/C10H13NO2/c1-3-9-7-4-11-6(2)10(12)8(7)5-13-9/h4,9,12H,3,5H2,1-2H3. The summed E-state index contributed by atoms with van der Waals surface area (Å²) < 4.78 is 5.51. The van der Waals surface area contributed by atoms with Crippen molar-refractivity contribution in [2.24, 2.45) is 0 Å². The molecule has 1 aliphatic heterocycles. The molecule has 0 radical (unpaired) electrons. The predicted molar refractivity (Wildman–Crippen MR) is 48.5 cm³/mol. The SMILES string of the molecule is CCC1OCc2c1cnc(C)c2O. The van der Waals surface area contributed by atoms with E-state index >= 15 is 0 Å². The van der Waals surface area contributed by atoms with Crippen LogP contribution in [0.5, 0.6) is 5.75 Å². The Morgan fingerprint density at radius 3 is 3.15 bits per heavy atom. The van der Waals surface area contributed by atoms with E-state index in [1.165, 1.54) is 0 Å². The van der Waals surface area contributed by atoms with Crippen LogP contribution in [0.2, 0.25) is 0 Å². The maximum Gasteiger partial charge on any atom is 0.142 e. The second-order valence-corrected chi connectivity index (χ2v) is 3.33. The normalized spacial score (nSPS) is 20.3. The number of rotatable bonds is 1. The van der Waals surface area contributed by atoms with Gasteiger partial charge in [0.05, 0.1) is 18.4 Å². The maximum absolute atomic E-state index is 9.69. The Bertz CT molecular complexity index is 336. The van der Waals surface area contributed by atoms with E-state index in [-0.39, 0.29) is 6.10 Å². The topological polar surface area (TPSA) is 42.4 Å². The Morgan fingerprint density at radius 2 is 2.46 bits per heavy atom. The fraction of sp³-hybridized carbons (Fsp3) is 0.500. The van der Waals surface area contributed by atoms with Gasteiger partial charge in [-0.2, -0.15) is 0 Å². The van der Waals surface area contributed by atoms with Gasteiger partial charge in [-0.3, -0.25) is 4.98 Å². The Hall–Kier alpha value is -1.09. The second kappa shape index (κ2) is 3.00. The monoisotopic (exact) mass is 179 g/mol. The van der Waals surface area contributed by atoms with E-state index in [1.54, 1.807) is 6.92 Å². The summed E-state index contributed by atoms with van der Waals surface area (Å²) in [7, 11) is 0. The van der Waals surface area contributed by atoms with Crippen LogP contribution in [0.3, 0.4) is 0 Å². The van der Waals surface area contributed by atoms with Crippen molar-refractivity contribution in [1.82, 2.24) is 4.98 Å². The van der Waals surface area contributed by atoms with Crippen LogP contribution in [0.1, 0.15) is 36.3 Å². The van der Waals surface area contributed by atoms with Crippen LogP contribution in [-0.2, 0) is 11.3 Å². The van der Waals surface area contributed by atoms with Gasteiger partial charge >= 0.3 is 0 Å². The molecule has 1 atom stereocenters. The van der Waals surface area contributed by atoms with Crippen molar-refractivity contribution in [2.75, 3.05) is 0 Å². The van der Waals surface area contributed by atoms with E-state index in [4.69, 9.17) is 4.74 Å². The van der Waals surface area contributed by atoms with Crippen molar-refractivity contribution in [3.8, 4) is 5.75 Å². The molecule has 13 heavy (non-hydrogen) atoms. The lowest BCUT2D eigenvalue weighted by molar-refractivity contribution is 0.0631. The van der Waals surface area contributed by atoms with Crippen molar-refractivity contribution >= 4 is 0 Å². The van der Waals surface area contributed by atoms with Gasteiger partial charge in [0.1, 0.15) is 5.75 Å². The van der Waals surface area contributed by atoms with Crippen molar-refractivity contribution in [2.45, 2.75) is 33.0 Å². The number of hydrogen-bond donors (Lipinski definition) is 1. The molecule has 70 valence electrons. The molecule has 2 heterocycles. The van der Waals surface area contributed by atoms with Crippen molar-refractivity contribution < 1.29 is 9.84 Å². The predicted octanol–water partition coefficient (Wildman–Crippen LogP) is 2.08. The number of ether oxygens (including phenoxy) is 1. The van der Waals surface area contributed by atoms with Gasteiger partial charge < -0.3 is 9.84 Å². The van der Waals surface area contributed by atoms with Crippen LogP contribution < -0.4 is 0 Å². The molecule has 1 aromatic heterocycles. The zero-order chi connectivity index (χ0) is 9.42. The highest BCUT2D eigenvalue weighted by Gasteiger charge is 2.25. The largest absolute Gasteiger partial charge is 0.506 e. The summed E-state index contributed by atoms with van der Waals surface area (Å²) in [5.74, 6) is 0.299. The fourth-order valence-electron chi connectivity index (χ4n) is 1.70. The molecular formula is C10H13NO2. The molecule has 3 heteroatoms. The molecule has 1 N–H and O–H groups in total. The molecule has 1 aromatic rings. The Kier molecular flexibility index (Phi) is 1.96. The Labute approximate surface area is 77.4 Å². The summed E-state index contributed by atoms with van der Waals surface area (Å²) in [6.07, 6.45) is 2.86. The zero-order valence-corrected chi connectivity index (χ0v) is 7.87. The number of aromatic nitrogens is 1. The quantitative estimate of drug-likeness (QED) is 0.717. The lowest BCUT2D eigenvalue weighted by Gasteiger charge is -2.07.